The number of sulfone groups is 1. The number of aromatic nitrogens is 1. The van der Waals surface area contributed by atoms with E-state index in [2.05, 4.69) is 10.3 Å². The molecule has 0 aliphatic carbocycles. The molecule has 0 saturated carbocycles. The second-order valence-electron chi connectivity index (χ2n) is 3.50. The van der Waals surface area contributed by atoms with E-state index in [0.29, 0.717) is 23.8 Å². The van der Waals surface area contributed by atoms with Gasteiger partial charge in [0, 0.05) is 12.8 Å². The van der Waals surface area contributed by atoms with Crippen LogP contribution < -0.4 is 5.32 Å². The molecule has 0 aromatic carbocycles. The molecule has 96 valence electrons. The molecule has 0 unspecified atom stereocenters. The first-order valence-corrected chi connectivity index (χ1v) is 7.92. The van der Waals surface area contributed by atoms with Crippen LogP contribution >= 0.6 is 34.8 Å². The van der Waals surface area contributed by atoms with Crippen LogP contribution in [0.25, 0.3) is 0 Å². The van der Waals surface area contributed by atoms with Gasteiger partial charge in [0.15, 0.2) is 0 Å². The van der Waals surface area contributed by atoms with Gasteiger partial charge in [-0.3, -0.25) is 0 Å². The van der Waals surface area contributed by atoms with Crippen molar-refractivity contribution in [2.45, 2.75) is 6.42 Å². The molecule has 0 fully saturated rings. The second-order valence-corrected chi connectivity index (χ2v) is 6.93. The lowest BCUT2D eigenvalue weighted by Crippen LogP contribution is -2.10. The number of anilines is 1. The van der Waals surface area contributed by atoms with E-state index in [1.165, 1.54) is 12.3 Å². The molecule has 17 heavy (non-hydrogen) atoms. The fourth-order valence-corrected chi connectivity index (χ4v) is 2.34. The lowest BCUT2D eigenvalue weighted by molar-refractivity contribution is 0.600. The van der Waals surface area contributed by atoms with Crippen LogP contribution in [0.5, 0.6) is 0 Å². The summed E-state index contributed by atoms with van der Waals surface area (Å²) >= 11 is 17.3. The standard InChI is InChI=1S/C9H11Cl3N2O2S/c1-17(15,16)4-2-3-13-9-7(11)5-6(10)8(12)14-9/h5H,2-4H2,1H3,(H,13,14). The Bertz CT molecular complexity index is 505. The lowest BCUT2D eigenvalue weighted by atomic mass is 10.4. The van der Waals surface area contributed by atoms with Gasteiger partial charge >= 0.3 is 0 Å². The van der Waals surface area contributed by atoms with Gasteiger partial charge in [0.1, 0.15) is 20.8 Å². The topological polar surface area (TPSA) is 59.1 Å². The first kappa shape index (κ1) is 14.8. The van der Waals surface area contributed by atoms with E-state index in [0.717, 1.165) is 0 Å². The maximum atomic E-state index is 10.9. The Labute approximate surface area is 115 Å². The quantitative estimate of drug-likeness (QED) is 0.670. The zero-order valence-electron chi connectivity index (χ0n) is 9.00. The minimum atomic E-state index is -2.94. The second kappa shape index (κ2) is 6.09. The fourth-order valence-electron chi connectivity index (χ4n) is 1.11. The van der Waals surface area contributed by atoms with Crippen LogP contribution in [0.2, 0.25) is 15.2 Å². The normalized spacial score (nSPS) is 11.5. The third kappa shape index (κ3) is 5.29. The minimum Gasteiger partial charge on any atom is -0.369 e. The fraction of sp³-hybridized carbons (Fsp3) is 0.444. The van der Waals surface area contributed by atoms with Crippen LogP contribution in [0.15, 0.2) is 6.07 Å². The van der Waals surface area contributed by atoms with Crippen molar-refractivity contribution >= 4 is 50.5 Å². The van der Waals surface area contributed by atoms with E-state index >= 15 is 0 Å². The number of hydrogen-bond acceptors (Lipinski definition) is 4. The molecule has 0 saturated heterocycles. The van der Waals surface area contributed by atoms with Crippen molar-refractivity contribution in [1.29, 1.82) is 0 Å². The van der Waals surface area contributed by atoms with E-state index in [-0.39, 0.29) is 15.9 Å². The van der Waals surface area contributed by atoms with E-state index in [4.69, 9.17) is 34.8 Å². The van der Waals surface area contributed by atoms with Gasteiger partial charge in [-0.05, 0) is 12.5 Å². The van der Waals surface area contributed by atoms with Crippen molar-refractivity contribution in [3.05, 3.63) is 21.3 Å². The summed E-state index contributed by atoms with van der Waals surface area (Å²) in [6.45, 7) is 0.442. The van der Waals surface area contributed by atoms with E-state index in [1.807, 2.05) is 0 Å². The summed E-state index contributed by atoms with van der Waals surface area (Å²) in [4.78, 5) is 3.95. The maximum Gasteiger partial charge on any atom is 0.150 e. The number of nitrogens with zero attached hydrogens (tertiary/aromatic N) is 1. The number of hydrogen-bond donors (Lipinski definition) is 1. The molecule has 0 bridgehead atoms. The monoisotopic (exact) mass is 316 g/mol. The Hall–Kier alpha value is -0.230. The summed E-state index contributed by atoms with van der Waals surface area (Å²) in [5, 5.41) is 3.68. The average molecular weight is 318 g/mol. The van der Waals surface area contributed by atoms with Gasteiger partial charge in [-0.25, -0.2) is 13.4 Å². The highest BCUT2D eigenvalue weighted by Crippen LogP contribution is 2.28. The first-order chi connectivity index (χ1) is 7.79. The third-order valence-corrected chi connectivity index (χ3v) is 3.86. The van der Waals surface area contributed by atoms with Crippen molar-refractivity contribution in [1.82, 2.24) is 4.98 Å². The molecular weight excluding hydrogens is 307 g/mol. The largest absolute Gasteiger partial charge is 0.369 e. The molecule has 0 aliphatic rings. The predicted molar refractivity (Wildman–Crippen MR) is 72.1 cm³/mol. The maximum absolute atomic E-state index is 10.9. The Morgan fingerprint density at radius 3 is 2.53 bits per heavy atom. The summed E-state index contributed by atoms with van der Waals surface area (Å²) in [7, 11) is -2.94. The molecule has 0 aliphatic heterocycles. The molecule has 0 amide bonds. The van der Waals surface area contributed by atoms with E-state index in [1.54, 1.807) is 0 Å². The number of rotatable bonds is 5. The van der Waals surface area contributed by atoms with Gasteiger partial charge in [0.05, 0.1) is 15.8 Å². The number of pyridine rings is 1. The van der Waals surface area contributed by atoms with Crippen molar-refractivity contribution < 1.29 is 8.42 Å². The molecule has 0 spiro atoms. The van der Waals surface area contributed by atoms with Crippen LogP contribution in [0.1, 0.15) is 6.42 Å². The van der Waals surface area contributed by atoms with Crippen molar-refractivity contribution in [2.75, 3.05) is 23.9 Å². The molecule has 0 atom stereocenters. The predicted octanol–water partition coefficient (Wildman–Crippen LogP) is 2.89. The van der Waals surface area contributed by atoms with Crippen LogP contribution in [0.4, 0.5) is 5.82 Å². The summed E-state index contributed by atoms with van der Waals surface area (Å²) in [5.74, 6) is 0.508. The van der Waals surface area contributed by atoms with Gasteiger partial charge in [-0.1, -0.05) is 34.8 Å². The molecule has 1 heterocycles. The molecule has 4 nitrogen and oxygen atoms in total. The van der Waals surface area contributed by atoms with Crippen LogP contribution in [0.3, 0.4) is 0 Å². The molecule has 1 N–H and O–H groups in total. The average Bonchev–Trinajstić information content (AvgIpc) is 2.18. The zero-order valence-corrected chi connectivity index (χ0v) is 12.1. The van der Waals surface area contributed by atoms with Crippen molar-refractivity contribution in [3.63, 3.8) is 0 Å². The third-order valence-electron chi connectivity index (χ3n) is 1.87. The SMILES string of the molecule is CS(=O)(=O)CCCNc1nc(Cl)c(Cl)cc1Cl. The zero-order chi connectivity index (χ0) is 13.1. The summed E-state index contributed by atoms with van der Waals surface area (Å²) in [6.07, 6.45) is 1.66. The molecule has 1 rings (SSSR count). The molecule has 1 aromatic heterocycles. The Balaban J connectivity index is 2.55. The van der Waals surface area contributed by atoms with E-state index < -0.39 is 9.84 Å². The van der Waals surface area contributed by atoms with Gasteiger partial charge < -0.3 is 5.32 Å². The van der Waals surface area contributed by atoms with Gasteiger partial charge in [-0.15, -0.1) is 0 Å². The Morgan fingerprint density at radius 1 is 1.29 bits per heavy atom. The Morgan fingerprint density at radius 2 is 1.94 bits per heavy atom. The van der Waals surface area contributed by atoms with Crippen LogP contribution in [0, 0.1) is 0 Å². The summed E-state index contributed by atoms with van der Waals surface area (Å²) in [6, 6.07) is 1.48. The molecule has 1 aromatic rings. The summed E-state index contributed by atoms with van der Waals surface area (Å²) in [5.41, 5.74) is 0. The van der Waals surface area contributed by atoms with E-state index in [9.17, 15) is 8.42 Å². The minimum absolute atomic E-state index is 0.110. The highest BCUT2D eigenvalue weighted by molar-refractivity contribution is 7.90. The van der Waals surface area contributed by atoms with Crippen LogP contribution in [-0.2, 0) is 9.84 Å². The summed E-state index contributed by atoms with van der Waals surface area (Å²) < 4.78 is 21.8. The number of halogens is 3. The van der Waals surface area contributed by atoms with Gasteiger partial charge in [0.2, 0.25) is 0 Å². The highest BCUT2D eigenvalue weighted by atomic mass is 35.5. The molecule has 0 radical (unpaired) electrons. The lowest BCUT2D eigenvalue weighted by Gasteiger charge is -2.08. The van der Waals surface area contributed by atoms with Crippen molar-refractivity contribution in [2.24, 2.45) is 0 Å². The van der Waals surface area contributed by atoms with Gasteiger partial charge in [0.25, 0.3) is 0 Å². The van der Waals surface area contributed by atoms with Crippen LogP contribution in [-0.4, -0.2) is 32.0 Å². The van der Waals surface area contributed by atoms with Gasteiger partial charge in [-0.2, -0.15) is 0 Å². The molecular formula is C9H11Cl3N2O2S. The first-order valence-electron chi connectivity index (χ1n) is 4.73. The Kier molecular flexibility index (Phi) is 5.31. The van der Waals surface area contributed by atoms with Crippen molar-refractivity contribution in [3.8, 4) is 0 Å². The highest BCUT2D eigenvalue weighted by Gasteiger charge is 2.07. The smallest absolute Gasteiger partial charge is 0.150 e. The molecule has 8 heteroatoms. The number of nitrogens with one attached hydrogen (secondary N) is 1.